The molecular weight excluding hydrogens is 252 g/mol. The number of fused-ring (bicyclic) bond motifs is 1. The third-order valence-electron chi connectivity index (χ3n) is 3.73. The highest BCUT2D eigenvalue weighted by molar-refractivity contribution is 6.02. The zero-order chi connectivity index (χ0) is 14.1. The van der Waals surface area contributed by atoms with E-state index < -0.39 is 0 Å². The maximum absolute atomic E-state index is 12.5. The second-order valence-electron chi connectivity index (χ2n) is 5.43. The number of nitrogens with one attached hydrogen (secondary N) is 1. The summed E-state index contributed by atoms with van der Waals surface area (Å²) >= 11 is 0. The number of terminal acetylenes is 1. The van der Waals surface area contributed by atoms with Gasteiger partial charge in [0.25, 0.3) is 5.91 Å². The molecule has 0 aromatic heterocycles. The van der Waals surface area contributed by atoms with Crippen molar-refractivity contribution in [2.45, 2.75) is 19.3 Å². The predicted molar refractivity (Wildman–Crippen MR) is 76.2 cm³/mol. The minimum absolute atomic E-state index is 0.0249. The first-order valence-electron chi connectivity index (χ1n) is 6.83. The molecule has 20 heavy (non-hydrogen) atoms. The van der Waals surface area contributed by atoms with Gasteiger partial charge in [-0.1, -0.05) is 12.0 Å². The van der Waals surface area contributed by atoms with Crippen LogP contribution in [-0.2, 0) is 11.2 Å². The second kappa shape index (κ2) is 5.01. The minimum Gasteiger partial charge on any atom is -0.327 e. The zero-order valence-corrected chi connectivity index (χ0v) is 11.2. The first kappa shape index (κ1) is 12.7. The molecule has 1 N–H and O–H groups in total. The largest absolute Gasteiger partial charge is 0.327 e. The van der Waals surface area contributed by atoms with Gasteiger partial charge < -0.3 is 10.2 Å². The van der Waals surface area contributed by atoms with Gasteiger partial charge in [-0.15, -0.1) is 6.42 Å². The van der Waals surface area contributed by atoms with E-state index in [1.54, 1.807) is 17.0 Å². The molecule has 0 saturated heterocycles. The van der Waals surface area contributed by atoms with E-state index in [1.165, 1.54) is 12.8 Å². The Balaban J connectivity index is 1.80. The molecule has 0 radical (unpaired) electrons. The van der Waals surface area contributed by atoms with Crippen molar-refractivity contribution in [2.24, 2.45) is 5.92 Å². The lowest BCUT2D eigenvalue weighted by Crippen LogP contribution is -2.33. The molecule has 0 spiro atoms. The first-order valence-corrected chi connectivity index (χ1v) is 6.83. The Morgan fingerprint density at radius 2 is 2.25 bits per heavy atom. The Bertz CT molecular complexity index is 611. The molecule has 0 unspecified atom stereocenters. The van der Waals surface area contributed by atoms with Crippen molar-refractivity contribution in [1.82, 2.24) is 4.90 Å². The van der Waals surface area contributed by atoms with Gasteiger partial charge in [-0.05, 0) is 36.5 Å². The number of amides is 2. The number of anilines is 1. The molecular formula is C16H16N2O2. The lowest BCUT2D eigenvalue weighted by Gasteiger charge is -2.20. The van der Waals surface area contributed by atoms with E-state index in [9.17, 15) is 9.59 Å². The highest BCUT2D eigenvalue weighted by Gasteiger charge is 2.27. The van der Waals surface area contributed by atoms with Crippen LogP contribution < -0.4 is 5.32 Å². The highest BCUT2D eigenvalue weighted by Crippen LogP contribution is 2.30. The van der Waals surface area contributed by atoms with Gasteiger partial charge in [-0.25, -0.2) is 0 Å². The summed E-state index contributed by atoms with van der Waals surface area (Å²) < 4.78 is 0. The number of hydrogen-bond donors (Lipinski definition) is 1. The molecule has 1 aliphatic carbocycles. The van der Waals surface area contributed by atoms with Crippen LogP contribution in [0.5, 0.6) is 0 Å². The van der Waals surface area contributed by atoms with Crippen molar-refractivity contribution in [3.63, 3.8) is 0 Å². The number of hydrogen-bond acceptors (Lipinski definition) is 2. The SMILES string of the molecule is C#CCN(CC1CC1)C(=O)c1ccc2c(c1)NC(=O)C2. The Hall–Kier alpha value is -2.28. The third kappa shape index (κ3) is 2.53. The normalized spacial score (nSPS) is 16.2. The van der Waals surface area contributed by atoms with E-state index in [4.69, 9.17) is 6.42 Å². The van der Waals surface area contributed by atoms with Crippen LogP contribution in [0.15, 0.2) is 18.2 Å². The molecule has 2 aliphatic rings. The van der Waals surface area contributed by atoms with Crippen LogP contribution in [0, 0.1) is 18.3 Å². The monoisotopic (exact) mass is 268 g/mol. The second-order valence-corrected chi connectivity index (χ2v) is 5.43. The smallest absolute Gasteiger partial charge is 0.254 e. The molecule has 1 heterocycles. The summed E-state index contributed by atoms with van der Waals surface area (Å²) in [4.78, 5) is 25.6. The van der Waals surface area contributed by atoms with Gasteiger partial charge in [0.2, 0.25) is 5.91 Å². The minimum atomic E-state index is -0.0567. The lowest BCUT2D eigenvalue weighted by molar-refractivity contribution is -0.115. The lowest BCUT2D eigenvalue weighted by atomic mass is 10.1. The van der Waals surface area contributed by atoms with Gasteiger partial charge in [-0.2, -0.15) is 0 Å². The number of benzene rings is 1. The maximum Gasteiger partial charge on any atom is 0.254 e. The van der Waals surface area contributed by atoms with Crippen LogP contribution in [0.25, 0.3) is 0 Å². The topological polar surface area (TPSA) is 49.4 Å². The van der Waals surface area contributed by atoms with E-state index in [0.29, 0.717) is 24.4 Å². The van der Waals surface area contributed by atoms with Gasteiger partial charge in [0, 0.05) is 17.8 Å². The Morgan fingerprint density at radius 3 is 2.95 bits per heavy atom. The molecule has 2 amide bonds. The van der Waals surface area contributed by atoms with Crippen LogP contribution in [0.4, 0.5) is 5.69 Å². The fraction of sp³-hybridized carbons (Fsp3) is 0.375. The summed E-state index contributed by atoms with van der Waals surface area (Å²) in [7, 11) is 0. The summed E-state index contributed by atoms with van der Waals surface area (Å²) in [5, 5.41) is 2.77. The van der Waals surface area contributed by atoms with Crippen molar-refractivity contribution in [1.29, 1.82) is 0 Å². The summed E-state index contributed by atoms with van der Waals surface area (Å²) in [6.45, 7) is 1.06. The van der Waals surface area contributed by atoms with E-state index in [1.807, 2.05) is 6.07 Å². The molecule has 102 valence electrons. The molecule has 0 atom stereocenters. The Labute approximate surface area is 118 Å². The molecule has 4 nitrogen and oxygen atoms in total. The molecule has 1 aromatic carbocycles. The molecule has 1 aliphatic heterocycles. The standard InChI is InChI=1S/C16H16N2O2/c1-2-7-18(10-11-3-4-11)16(20)13-6-5-12-9-15(19)17-14(12)8-13/h1,5-6,8,11H,3-4,7,9-10H2,(H,17,19). The number of rotatable bonds is 4. The van der Waals surface area contributed by atoms with Gasteiger partial charge in [0.15, 0.2) is 0 Å². The van der Waals surface area contributed by atoms with Crippen LogP contribution in [0.1, 0.15) is 28.8 Å². The van der Waals surface area contributed by atoms with E-state index in [-0.39, 0.29) is 11.8 Å². The van der Waals surface area contributed by atoms with E-state index in [0.717, 1.165) is 17.8 Å². The molecule has 1 fully saturated rings. The maximum atomic E-state index is 12.5. The summed E-state index contributed by atoms with van der Waals surface area (Å²) in [5.41, 5.74) is 2.27. The number of nitrogens with zero attached hydrogens (tertiary/aromatic N) is 1. The first-order chi connectivity index (χ1) is 9.67. The summed E-state index contributed by atoms with van der Waals surface area (Å²) in [5.74, 6) is 3.06. The van der Waals surface area contributed by atoms with E-state index in [2.05, 4.69) is 11.2 Å². The van der Waals surface area contributed by atoms with Gasteiger partial charge in [0.05, 0.1) is 13.0 Å². The fourth-order valence-corrected chi connectivity index (χ4v) is 2.47. The Kier molecular flexibility index (Phi) is 3.19. The zero-order valence-electron chi connectivity index (χ0n) is 11.2. The predicted octanol–water partition coefficient (Wildman–Crippen LogP) is 1.67. The summed E-state index contributed by atoms with van der Waals surface area (Å²) in [6, 6.07) is 5.36. The number of carbonyl (C=O) groups excluding carboxylic acids is 2. The third-order valence-corrected chi connectivity index (χ3v) is 3.73. The van der Waals surface area contributed by atoms with Crippen molar-refractivity contribution >= 4 is 17.5 Å². The molecule has 1 saturated carbocycles. The Morgan fingerprint density at radius 1 is 1.45 bits per heavy atom. The number of carbonyl (C=O) groups is 2. The van der Waals surface area contributed by atoms with Crippen molar-refractivity contribution in [3.05, 3.63) is 29.3 Å². The van der Waals surface area contributed by atoms with Crippen molar-refractivity contribution < 1.29 is 9.59 Å². The fourth-order valence-electron chi connectivity index (χ4n) is 2.47. The van der Waals surface area contributed by atoms with Crippen molar-refractivity contribution in [3.8, 4) is 12.3 Å². The van der Waals surface area contributed by atoms with Crippen LogP contribution in [-0.4, -0.2) is 29.8 Å². The van der Waals surface area contributed by atoms with Gasteiger partial charge in [0.1, 0.15) is 0 Å². The van der Waals surface area contributed by atoms with Crippen LogP contribution >= 0.6 is 0 Å². The van der Waals surface area contributed by atoms with Crippen LogP contribution in [0.2, 0.25) is 0 Å². The summed E-state index contributed by atoms with van der Waals surface area (Å²) in [6.07, 6.45) is 8.09. The highest BCUT2D eigenvalue weighted by atomic mass is 16.2. The molecule has 3 rings (SSSR count). The van der Waals surface area contributed by atoms with Gasteiger partial charge in [-0.3, -0.25) is 9.59 Å². The average molecular weight is 268 g/mol. The van der Waals surface area contributed by atoms with E-state index >= 15 is 0 Å². The molecule has 0 bridgehead atoms. The van der Waals surface area contributed by atoms with Gasteiger partial charge >= 0.3 is 0 Å². The molecule has 1 aromatic rings. The molecule has 4 heteroatoms. The van der Waals surface area contributed by atoms with Crippen molar-refractivity contribution in [2.75, 3.05) is 18.4 Å². The average Bonchev–Trinajstić information content (AvgIpc) is 3.16. The van der Waals surface area contributed by atoms with Crippen LogP contribution in [0.3, 0.4) is 0 Å². The quantitative estimate of drug-likeness (QED) is 0.844.